The van der Waals surface area contributed by atoms with Crippen LogP contribution in [0.2, 0.25) is 0 Å². The van der Waals surface area contributed by atoms with Gasteiger partial charge in [0.2, 0.25) is 10.0 Å². The van der Waals surface area contributed by atoms with Crippen molar-refractivity contribution in [1.29, 1.82) is 0 Å². The third-order valence-corrected chi connectivity index (χ3v) is 6.25. The van der Waals surface area contributed by atoms with Crippen molar-refractivity contribution in [2.75, 3.05) is 37.0 Å². The first kappa shape index (κ1) is 15.1. The van der Waals surface area contributed by atoms with Crippen LogP contribution in [-0.4, -0.2) is 49.3 Å². The van der Waals surface area contributed by atoms with Crippen molar-refractivity contribution in [3.8, 4) is 0 Å². The summed E-state index contributed by atoms with van der Waals surface area (Å²) in [5.74, 6) is 2.25. The highest BCUT2D eigenvalue weighted by Crippen LogP contribution is 2.27. The Hall–Kier alpha value is -0.310. The SMILES string of the molecule is CNc1ncc(Br)cc1S(=O)(=O)N1CCCSCC1. The average molecular weight is 366 g/mol. The number of nitrogens with one attached hydrogen (secondary N) is 1. The van der Waals surface area contributed by atoms with Crippen molar-refractivity contribution >= 4 is 43.5 Å². The Morgan fingerprint density at radius 1 is 1.42 bits per heavy atom. The molecule has 0 saturated carbocycles. The van der Waals surface area contributed by atoms with Crippen molar-refractivity contribution < 1.29 is 8.42 Å². The molecule has 1 aromatic heterocycles. The van der Waals surface area contributed by atoms with Crippen LogP contribution in [0.1, 0.15) is 6.42 Å². The Kier molecular flexibility index (Phi) is 5.10. The molecule has 8 heteroatoms. The van der Waals surface area contributed by atoms with Crippen molar-refractivity contribution in [2.45, 2.75) is 11.3 Å². The standard InChI is InChI=1S/C11H16BrN3O2S2/c1-13-11-10(7-9(12)8-14-11)19(16,17)15-3-2-5-18-6-4-15/h7-8H,2-6H2,1H3,(H,13,14). The van der Waals surface area contributed by atoms with Crippen molar-refractivity contribution in [3.05, 3.63) is 16.7 Å². The van der Waals surface area contributed by atoms with E-state index in [9.17, 15) is 8.42 Å². The number of anilines is 1. The van der Waals surface area contributed by atoms with E-state index < -0.39 is 10.0 Å². The van der Waals surface area contributed by atoms with E-state index in [1.807, 2.05) is 0 Å². The molecule has 0 spiro atoms. The minimum absolute atomic E-state index is 0.233. The van der Waals surface area contributed by atoms with E-state index in [0.717, 1.165) is 17.9 Å². The van der Waals surface area contributed by atoms with Crippen molar-refractivity contribution in [1.82, 2.24) is 9.29 Å². The minimum atomic E-state index is -3.49. The molecule has 2 rings (SSSR count). The number of aromatic nitrogens is 1. The maximum Gasteiger partial charge on any atom is 0.246 e. The summed E-state index contributed by atoms with van der Waals surface area (Å²) in [6.07, 6.45) is 2.48. The van der Waals surface area contributed by atoms with Gasteiger partial charge in [-0.2, -0.15) is 16.1 Å². The first-order chi connectivity index (χ1) is 9.05. The summed E-state index contributed by atoms with van der Waals surface area (Å²) in [5, 5.41) is 2.84. The molecule has 0 aliphatic carbocycles. The summed E-state index contributed by atoms with van der Waals surface area (Å²) in [6.45, 7) is 1.13. The van der Waals surface area contributed by atoms with Crippen molar-refractivity contribution in [3.63, 3.8) is 0 Å². The van der Waals surface area contributed by atoms with Crippen LogP contribution in [0.15, 0.2) is 21.6 Å². The van der Waals surface area contributed by atoms with Gasteiger partial charge in [-0.05, 0) is 34.2 Å². The molecule has 1 fully saturated rings. The van der Waals surface area contributed by atoms with Crippen LogP contribution in [0.4, 0.5) is 5.82 Å². The van der Waals surface area contributed by atoms with Gasteiger partial charge in [0.05, 0.1) is 0 Å². The van der Waals surface area contributed by atoms with Gasteiger partial charge < -0.3 is 5.32 Å². The lowest BCUT2D eigenvalue weighted by Gasteiger charge is -2.21. The lowest BCUT2D eigenvalue weighted by molar-refractivity contribution is 0.435. The minimum Gasteiger partial charge on any atom is -0.372 e. The highest BCUT2D eigenvalue weighted by molar-refractivity contribution is 9.10. The fourth-order valence-corrected chi connectivity index (χ4v) is 5.05. The Labute approximate surface area is 126 Å². The predicted octanol–water partition coefficient (Wildman–Crippen LogP) is 2.01. The van der Waals surface area contributed by atoms with Crippen LogP contribution in [0.25, 0.3) is 0 Å². The molecule has 0 bridgehead atoms. The number of thioether (sulfide) groups is 1. The van der Waals surface area contributed by atoms with Gasteiger partial charge in [0.1, 0.15) is 10.7 Å². The fourth-order valence-electron chi connectivity index (χ4n) is 1.91. The van der Waals surface area contributed by atoms with E-state index in [2.05, 4.69) is 26.2 Å². The lowest BCUT2D eigenvalue weighted by Crippen LogP contribution is -2.33. The summed E-state index contributed by atoms with van der Waals surface area (Å²) in [5.41, 5.74) is 0. The predicted molar refractivity (Wildman–Crippen MR) is 82.2 cm³/mol. The number of nitrogens with zero attached hydrogens (tertiary/aromatic N) is 2. The van der Waals surface area contributed by atoms with E-state index in [4.69, 9.17) is 0 Å². The molecule has 106 valence electrons. The number of hydrogen-bond acceptors (Lipinski definition) is 5. The second kappa shape index (κ2) is 6.43. The molecule has 5 nitrogen and oxygen atoms in total. The molecular weight excluding hydrogens is 350 g/mol. The third kappa shape index (κ3) is 3.42. The molecule has 19 heavy (non-hydrogen) atoms. The molecule has 2 heterocycles. The van der Waals surface area contributed by atoms with Crippen LogP contribution < -0.4 is 5.32 Å². The van der Waals surface area contributed by atoms with Crippen LogP contribution in [-0.2, 0) is 10.0 Å². The molecular formula is C11H16BrN3O2S2. The Bertz CT molecular complexity index is 543. The largest absolute Gasteiger partial charge is 0.372 e. The molecule has 0 atom stereocenters. The summed E-state index contributed by atoms with van der Waals surface area (Å²) in [4.78, 5) is 4.34. The van der Waals surface area contributed by atoms with Gasteiger partial charge in [0, 0.05) is 36.6 Å². The Morgan fingerprint density at radius 2 is 2.21 bits per heavy atom. The van der Waals surface area contributed by atoms with Gasteiger partial charge in [-0.15, -0.1) is 0 Å². The highest BCUT2D eigenvalue weighted by Gasteiger charge is 2.28. The second-order valence-corrected chi connectivity index (χ2v) is 8.17. The summed E-state index contributed by atoms with van der Waals surface area (Å²) in [7, 11) is -1.81. The molecule has 1 aliphatic heterocycles. The summed E-state index contributed by atoms with van der Waals surface area (Å²) in [6, 6.07) is 1.60. The Morgan fingerprint density at radius 3 is 2.95 bits per heavy atom. The van der Waals surface area contributed by atoms with Crippen LogP contribution in [0.3, 0.4) is 0 Å². The zero-order valence-corrected chi connectivity index (χ0v) is 13.8. The first-order valence-corrected chi connectivity index (χ1v) is 9.35. The zero-order chi connectivity index (χ0) is 13.9. The molecule has 0 radical (unpaired) electrons. The van der Waals surface area contributed by atoms with E-state index in [1.165, 1.54) is 0 Å². The fraction of sp³-hybridized carbons (Fsp3) is 0.545. The van der Waals surface area contributed by atoms with E-state index in [0.29, 0.717) is 23.4 Å². The van der Waals surface area contributed by atoms with E-state index in [-0.39, 0.29) is 4.90 Å². The normalized spacial score (nSPS) is 18.0. The molecule has 0 aromatic carbocycles. The smallest absolute Gasteiger partial charge is 0.246 e. The molecule has 1 aromatic rings. The molecule has 0 amide bonds. The third-order valence-electron chi connectivity index (χ3n) is 2.86. The van der Waals surface area contributed by atoms with Gasteiger partial charge in [-0.1, -0.05) is 0 Å². The summed E-state index contributed by atoms with van der Waals surface area (Å²) < 4.78 is 27.6. The van der Waals surface area contributed by atoms with Gasteiger partial charge in [0.15, 0.2) is 0 Å². The number of hydrogen-bond donors (Lipinski definition) is 1. The molecule has 1 aliphatic rings. The summed E-state index contributed by atoms with van der Waals surface area (Å²) >= 11 is 5.08. The average Bonchev–Trinajstić information content (AvgIpc) is 2.68. The van der Waals surface area contributed by atoms with Crippen LogP contribution in [0.5, 0.6) is 0 Å². The van der Waals surface area contributed by atoms with Gasteiger partial charge >= 0.3 is 0 Å². The zero-order valence-electron chi connectivity index (χ0n) is 10.6. The Balaban J connectivity index is 2.40. The number of pyridine rings is 1. The van der Waals surface area contributed by atoms with Gasteiger partial charge in [-0.25, -0.2) is 13.4 Å². The van der Waals surface area contributed by atoms with Gasteiger partial charge in [-0.3, -0.25) is 0 Å². The van der Waals surface area contributed by atoms with Gasteiger partial charge in [0.25, 0.3) is 0 Å². The number of sulfonamides is 1. The topological polar surface area (TPSA) is 62.3 Å². The number of rotatable bonds is 3. The molecule has 1 saturated heterocycles. The van der Waals surface area contributed by atoms with Crippen molar-refractivity contribution in [2.24, 2.45) is 0 Å². The second-order valence-electron chi connectivity index (χ2n) is 4.12. The van der Waals surface area contributed by atoms with Crippen LogP contribution in [0, 0.1) is 0 Å². The maximum atomic E-state index is 12.7. The maximum absolute atomic E-state index is 12.7. The highest BCUT2D eigenvalue weighted by atomic mass is 79.9. The molecule has 0 unspecified atom stereocenters. The van der Waals surface area contributed by atoms with Crippen LogP contribution >= 0.6 is 27.7 Å². The quantitative estimate of drug-likeness (QED) is 0.887. The monoisotopic (exact) mass is 365 g/mol. The molecule has 1 N–H and O–H groups in total. The van der Waals surface area contributed by atoms with E-state index in [1.54, 1.807) is 35.4 Å². The van der Waals surface area contributed by atoms with E-state index >= 15 is 0 Å². The first-order valence-electron chi connectivity index (χ1n) is 5.97. The number of halogens is 1. The lowest BCUT2D eigenvalue weighted by atomic mass is 10.4.